The fraction of sp³-hybridized carbons (Fsp3) is 0.474. The molecule has 1 unspecified atom stereocenters. The minimum atomic E-state index is -0.224. The number of carbonyl (C=O) groups is 1. The van der Waals surface area contributed by atoms with Gasteiger partial charge in [0.2, 0.25) is 5.91 Å². The highest BCUT2D eigenvalue weighted by Gasteiger charge is 2.27. The Kier molecular flexibility index (Phi) is 5.92. The van der Waals surface area contributed by atoms with Gasteiger partial charge in [0.15, 0.2) is 0 Å². The minimum absolute atomic E-state index is 0.0276. The van der Waals surface area contributed by atoms with Crippen LogP contribution in [0.25, 0.3) is 10.9 Å². The predicted molar refractivity (Wildman–Crippen MR) is 106 cm³/mol. The molecule has 0 saturated carbocycles. The van der Waals surface area contributed by atoms with E-state index in [4.69, 9.17) is 0 Å². The Balaban J connectivity index is 1.69. The summed E-state index contributed by atoms with van der Waals surface area (Å²) in [5.74, 6) is 0.143. The molecule has 1 aromatic carbocycles. The minimum Gasteiger partial charge on any atom is -0.339 e. The number of rotatable bonds is 4. The van der Waals surface area contributed by atoms with Crippen LogP contribution >= 0.6 is 15.9 Å². The number of piperazine rings is 1. The number of nitriles is 1. The Morgan fingerprint density at radius 3 is 2.63 bits per heavy atom. The van der Waals surface area contributed by atoms with E-state index in [0.717, 1.165) is 4.47 Å². The Morgan fingerprint density at radius 2 is 2.00 bits per heavy atom. The van der Waals surface area contributed by atoms with Crippen molar-refractivity contribution >= 4 is 32.7 Å². The van der Waals surface area contributed by atoms with Gasteiger partial charge in [-0.05, 0) is 24.1 Å². The molecule has 1 fully saturated rings. The molecule has 0 radical (unpaired) electrons. The van der Waals surface area contributed by atoms with E-state index < -0.39 is 0 Å². The first kappa shape index (κ1) is 19.5. The van der Waals surface area contributed by atoms with Gasteiger partial charge in [0, 0.05) is 30.7 Å². The second-order valence-electron chi connectivity index (χ2n) is 7.07. The van der Waals surface area contributed by atoms with E-state index in [0.29, 0.717) is 37.1 Å². The molecule has 27 heavy (non-hydrogen) atoms. The molecule has 1 amide bonds. The van der Waals surface area contributed by atoms with Gasteiger partial charge in [0.1, 0.15) is 12.6 Å². The van der Waals surface area contributed by atoms with Gasteiger partial charge in [0.25, 0.3) is 5.56 Å². The third-order valence-corrected chi connectivity index (χ3v) is 5.41. The van der Waals surface area contributed by atoms with E-state index in [1.807, 2.05) is 19.9 Å². The van der Waals surface area contributed by atoms with Crippen molar-refractivity contribution in [2.45, 2.75) is 26.4 Å². The Hall–Kier alpha value is -2.24. The molecule has 3 rings (SSSR count). The van der Waals surface area contributed by atoms with Crippen LogP contribution in [-0.4, -0.2) is 57.5 Å². The summed E-state index contributed by atoms with van der Waals surface area (Å²) >= 11 is 3.36. The highest BCUT2D eigenvalue weighted by Crippen LogP contribution is 2.15. The second kappa shape index (κ2) is 8.19. The molecule has 1 atom stereocenters. The van der Waals surface area contributed by atoms with Crippen LogP contribution in [0.5, 0.6) is 0 Å². The number of fused-ring (bicyclic) bond motifs is 1. The first-order chi connectivity index (χ1) is 12.9. The lowest BCUT2D eigenvalue weighted by Gasteiger charge is -2.38. The monoisotopic (exact) mass is 431 g/mol. The summed E-state index contributed by atoms with van der Waals surface area (Å²) < 4.78 is 2.15. The van der Waals surface area contributed by atoms with Crippen molar-refractivity contribution in [3.8, 4) is 6.07 Å². The van der Waals surface area contributed by atoms with E-state index in [-0.39, 0.29) is 30.0 Å². The lowest BCUT2D eigenvalue weighted by Crippen LogP contribution is -2.53. The van der Waals surface area contributed by atoms with Crippen molar-refractivity contribution < 1.29 is 4.79 Å². The summed E-state index contributed by atoms with van der Waals surface area (Å²) in [6, 6.07) is 7.54. The molecule has 1 aromatic heterocycles. The first-order valence-corrected chi connectivity index (χ1v) is 9.76. The van der Waals surface area contributed by atoms with Crippen LogP contribution in [0.3, 0.4) is 0 Å². The third-order valence-electron chi connectivity index (χ3n) is 4.92. The highest BCUT2D eigenvalue weighted by molar-refractivity contribution is 9.10. The van der Waals surface area contributed by atoms with E-state index in [1.165, 1.54) is 10.9 Å². The van der Waals surface area contributed by atoms with Crippen LogP contribution in [-0.2, 0) is 11.3 Å². The van der Waals surface area contributed by atoms with Gasteiger partial charge in [-0.3, -0.25) is 19.1 Å². The van der Waals surface area contributed by atoms with Crippen LogP contribution in [0, 0.1) is 17.2 Å². The molecule has 1 aliphatic heterocycles. The van der Waals surface area contributed by atoms with Gasteiger partial charge >= 0.3 is 0 Å². The molecule has 1 aliphatic rings. The summed E-state index contributed by atoms with van der Waals surface area (Å²) in [6.07, 6.45) is 1.43. The number of hydrogen-bond donors (Lipinski definition) is 0. The topological polar surface area (TPSA) is 82.2 Å². The standard InChI is InChI=1S/C19H22BrN5O2/c1-13(2)17(10-21)23-5-7-24(8-6-23)18(26)11-25-12-22-16-4-3-14(20)9-15(16)19(25)27/h3-4,9,12-13,17H,5-8,11H2,1-2H3. The summed E-state index contributed by atoms with van der Waals surface area (Å²) in [4.78, 5) is 33.4. The molecule has 0 spiro atoms. The van der Waals surface area contributed by atoms with E-state index in [2.05, 4.69) is 31.9 Å². The highest BCUT2D eigenvalue weighted by atomic mass is 79.9. The Labute approximate surface area is 166 Å². The summed E-state index contributed by atoms with van der Waals surface area (Å²) in [5, 5.41) is 9.82. The van der Waals surface area contributed by atoms with E-state index >= 15 is 0 Å². The number of carbonyl (C=O) groups excluding carboxylic acids is 1. The maximum atomic E-state index is 12.6. The maximum Gasteiger partial charge on any atom is 0.261 e. The van der Waals surface area contributed by atoms with Crippen molar-refractivity contribution in [2.75, 3.05) is 26.2 Å². The fourth-order valence-electron chi connectivity index (χ4n) is 3.39. The number of aromatic nitrogens is 2. The molecule has 0 aliphatic carbocycles. The average molecular weight is 432 g/mol. The zero-order valence-electron chi connectivity index (χ0n) is 15.4. The molecule has 142 valence electrons. The average Bonchev–Trinajstić information content (AvgIpc) is 2.65. The van der Waals surface area contributed by atoms with Gasteiger partial charge in [-0.1, -0.05) is 29.8 Å². The van der Waals surface area contributed by atoms with E-state index in [9.17, 15) is 14.9 Å². The second-order valence-corrected chi connectivity index (χ2v) is 7.99. The van der Waals surface area contributed by atoms with Crippen LogP contribution in [0.1, 0.15) is 13.8 Å². The molecule has 0 N–H and O–H groups in total. The normalized spacial score (nSPS) is 16.5. The molecule has 8 heteroatoms. The first-order valence-electron chi connectivity index (χ1n) is 8.97. The summed E-state index contributed by atoms with van der Waals surface area (Å²) in [5.41, 5.74) is 0.384. The van der Waals surface area contributed by atoms with E-state index in [1.54, 1.807) is 17.0 Å². The quantitative estimate of drug-likeness (QED) is 0.737. The molecule has 1 saturated heterocycles. The van der Waals surface area contributed by atoms with Crippen LogP contribution < -0.4 is 5.56 Å². The van der Waals surface area contributed by atoms with Crippen molar-refractivity contribution in [3.63, 3.8) is 0 Å². The van der Waals surface area contributed by atoms with Crippen molar-refractivity contribution in [1.82, 2.24) is 19.4 Å². The molecular weight excluding hydrogens is 410 g/mol. The number of amides is 1. The SMILES string of the molecule is CC(C)C(C#N)N1CCN(C(=O)Cn2cnc3ccc(Br)cc3c2=O)CC1. The summed E-state index contributed by atoms with van der Waals surface area (Å²) in [6.45, 7) is 6.49. The van der Waals surface area contributed by atoms with Crippen molar-refractivity contribution in [2.24, 2.45) is 5.92 Å². The largest absolute Gasteiger partial charge is 0.339 e. The van der Waals surface area contributed by atoms with Gasteiger partial charge < -0.3 is 4.90 Å². The lowest BCUT2D eigenvalue weighted by molar-refractivity contribution is -0.133. The number of halogens is 1. The Morgan fingerprint density at radius 1 is 1.30 bits per heavy atom. The van der Waals surface area contributed by atoms with Gasteiger partial charge in [-0.25, -0.2) is 4.98 Å². The predicted octanol–water partition coefficient (Wildman–Crippen LogP) is 1.85. The molecule has 2 heterocycles. The van der Waals surface area contributed by atoms with Crippen molar-refractivity contribution in [1.29, 1.82) is 5.26 Å². The smallest absolute Gasteiger partial charge is 0.261 e. The third kappa shape index (κ3) is 4.20. The van der Waals surface area contributed by atoms with Gasteiger partial charge in [-0.2, -0.15) is 5.26 Å². The van der Waals surface area contributed by atoms with Crippen LogP contribution in [0.4, 0.5) is 0 Å². The molecular formula is C19H22BrN5O2. The van der Waals surface area contributed by atoms with Gasteiger partial charge in [-0.15, -0.1) is 0 Å². The summed E-state index contributed by atoms with van der Waals surface area (Å²) in [7, 11) is 0. The Bertz CT molecular complexity index is 941. The molecule has 7 nitrogen and oxygen atoms in total. The van der Waals surface area contributed by atoms with Crippen LogP contribution in [0.2, 0.25) is 0 Å². The molecule has 2 aromatic rings. The fourth-order valence-corrected chi connectivity index (χ4v) is 3.75. The number of nitrogens with zero attached hydrogens (tertiary/aromatic N) is 5. The molecule has 0 bridgehead atoms. The zero-order chi connectivity index (χ0) is 19.6. The number of benzene rings is 1. The van der Waals surface area contributed by atoms with Gasteiger partial charge in [0.05, 0.1) is 23.3 Å². The zero-order valence-corrected chi connectivity index (χ0v) is 17.0. The number of hydrogen-bond acceptors (Lipinski definition) is 5. The maximum absolute atomic E-state index is 12.6. The lowest BCUT2D eigenvalue weighted by atomic mass is 10.0. The van der Waals surface area contributed by atoms with Crippen LogP contribution in [0.15, 0.2) is 33.8 Å². The van der Waals surface area contributed by atoms with Crippen molar-refractivity contribution in [3.05, 3.63) is 39.4 Å².